The van der Waals surface area contributed by atoms with Crippen LogP contribution < -0.4 is 10.5 Å². The predicted molar refractivity (Wildman–Crippen MR) is 47.9 cm³/mol. The van der Waals surface area contributed by atoms with E-state index in [1.165, 1.54) is 0 Å². The number of methoxy groups -OCH3 is 1. The predicted octanol–water partition coefficient (Wildman–Crippen LogP) is 1.28. The monoisotopic (exact) mass is 164 g/mol. The van der Waals surface area contributed by atoms with Crippen molar-refractivity contribution in [2.75, 3.05) is 7.11 Å². The molecule has 1 rings (SSSR count). The van der Waals surface area contributed by atoms with Gasteiger partial charge in [0.05, 0.1) is 13.2 Å². The first kappa shape index (κ1) is 8.74. The van der Waals surface area contributed by atoms with E-state index in [9.17, 15) is 0 Å². The van der Waals surface area contributed by atoms with E-state index in [4.69, 9.17) is 10.5 Å². The van der Waals surface area contributed by atoms with Gasteiger partial charge in [-0.05, 0) is 12.1 Å². The Labute approximate surface area is 71.9 Å². The summed E-state index contributed by atoms with van der Waals surface area (Å²) in [7, 11) is 1.59. The molecule has 0 radical (unpaired) electrons. The molecule has 0 aromatic carbocycles. The number of nitrogens with two attached hydrogens (primary N) is 1. The Balaban J connectivity index is 3.04. The molecule has 3 nitrogen and oxygen atoms in total. The molecule has 64 valence electrons. The zero-order valence-corrected chi connectivity index (χ0v) is 7.03. The maximum absolute atomic E-state index is 5.71. The molecule has 0 spiro atoms. The molecule has 1 atom stereocenters. The van der Waals surface area contributed by atoms with E-state index in [-0.39, 0.29) is 6.04 Å². The Kier molecular flexibility index (Phi) is 2.82. The molecule has 0 fully saturated rings. The summed E-state index contributed by atoms with van der Waals surface area (Å²) in [6.07, 6.45) is 3.31. The van der Waals surface area contributed by atoms with Gasteiger partial charge in [0.15, 0.2) is 0 Å². The Bertz CT molecular complexity index is 273. The average molecular weight is 164 g/mol. The van der Waals surface area contributed by atoms with Crippen LogP contribution in [0.4, 0.5) is 0 Å². The minimum atomic E-state index is -0.263. The molecule has 1 aromatic rings. The Morgan fingerprint density at radius 2 is 2.50 bits per heavy atom. The van der Waals surface area contributed by atoms with Gasteiger partial charge in [-0.25, -0.2) is 0 Å². The molecule has 12 heavy (non-hydrogen) atoms. The standard InChI is InChI=1S/C9H12N2O/c1-3-7(10)9-8(12-2)5-4-6-11-9/h3-7H,1,10H2,2H3. The van der Waals surface area contributed by atoms with Crippen molar-refractivity contribution in [3.63, 3.8) is 0 Å². The average Bonchev–Trinajstić information content (AvgIpc) is 2.16. The van der Waals surface area contributed by atoms with Crippen molar-refractivity contribution < 1.29 is 4.74 Å². The van der Waals surface area contributed by atoms with Crippen LogP contribution in [0.5, 0.6) is 5.75 Å². The SMILES string of the molecule is C=CC(N)c1ncccc1OC. The van der Waals surface area contributed by atoms with E-state index in [1.807, 2.05) is 6.07 Å². The van der Waals surface area contributed by atoms with Gasteiger partial charge in [-0.15, -0.1) is 6.58 Å². The lowest BCUT2D eigenvalue weighted by molar-refractivity contribution is 0.405. The van der Waals surface area contributed by atoms with Crippen LogP contribution in [-0.2, 0) is 0 Å². The summed E-state index contributed by atoms with van der Waals surface area (Å²) in [5.74, 6) is 0.699. The topological polar surface area (TPSA) is 48.1 Å². The van der Waals surface area contributed by atoms with Crippen molar-refractivity contribution in [1.29, 1.82) is 0 Å². The number of ether oxygens (including phenoxy) is 1. The molecule has 2 N–H and O–H groups in total. The number of hydrogen-bond acceptors (Lipinski definition) is 3. The van der Waals surface area contributed by atoms with Crippen LogP contribution in [0.3, 0.4) is 0 Å². The van der Waals surface area contributed by atoms with Gasteiger partial charge >= 0.3 is 0 Å². The molecule has 1 unspecified atom stereocenters. The molecule has 0 aliphatic carbocycles. The second-order valence-corrected chi connectivity index (χ2v) is 2.35. The highest BCUT2D eigenvalue weighted by atomic mass is 16.5. The number of rotatable bonds is 3. The zero-order chi connectivity index (χ0) is 8.97. The Morgan fingerprint density at radius 3 is 3.08 bits per heavy atom. The summed E-state index contributed by atoms with van der Waals surface area (Å²) in [6, 6.07) is 3.37. The summed E-state index contributed by atoms with van der Waals surface area (Å²) in [6.45, 7) is 3.59. The van der Waals surface area contributed by atoms with Crippen LogP contribution in [0.1, 0.15) is 11.7 Å². The van der Waals surface area contributed by atoms with Crippen LogP contribution in [0.2, 0.25) is 0 Å². The van der Waals surface area contributed by atoms with E-state index < -0.39 is 0 Å². The first-order chi connectivity index (χ1) is 5.79. The number of nitrogens with zero attached hydrogens (tertiary/aromatic N) is 1. The summed E-state index contributed by atoms with van der Waals surface area (Å²) in [5.41, 5.74) is 6.43. The van der Waals surface area contributed by atoms with Gasteiger partial charge in [0.25, 0.3) is 0 Å². The number of aromatic nitrogens is 1. The highest BCUT2D eigenvalue weighted by Crippen LogP contribution is 2.20. The van der Waals surface area contributed by atoms with Gasteiger partial charge in [0.2, 0.25) is 0 Å². The molecule has 0 aliphatic heterocycles. The summed E-state index contributed by atoms with van der Waals surface area (Å²) < 4.78 is 5.08. The Hall–Kier alpha value is -1.35. The molecule has 0 saturated heterocycles. The fourth-order valence-electron chi connectivity index (χ4n) is 0.937. The third kappa shape index (κ3) is 1.62. The lowest BCUT2D eigenvalue weighted by Crippen LogP contribution is -2.10. The van der Waals surface area contributed by atoms with E-state index >= 15 is 0 Å². The molecule has 0 amide bonds. The van der Waals surface area contributed by atoms with Crippen LogP contribution in [0, 0.1) is 0 Å². The lowest BCUT2D eigenvalue weighted by atomic mass is 10.2. The number of pyridine rings is 1. The third-order valence-electron chi connectivity index (χ3n) is 1.59. The zero-order valence-electron chi connectivity index (χ0n) is 7.03. The third-order valence-corrected chi connectivity index (χ3v) is 1.59. The largest absolute Gasteiger partial charge is 0.495 e. The van der Waals surface area contributed by atoms with E-state index in [0.717, 1.165) is 5.69 Å². The summed E-state index contributed by atoms with van der Waals surface area (Å²) >= 11 is 0. The molecule has 0 aliphatic rings. The maximum atomic E-state index is 5.71. The quantitative estimate of drug-likeness (QED) is 0.684. The van der Waals surface area contributed by atoms with Gasteiger partial charge in [-0.3, -0.25) is 4.98 Å². The molecule has 0 bridgehead atoms. The van der Waals surface area contributed by atoms with Gasteiger partial charge in [0.1, 0.15) is 11.4 Å². The number of hydrogen-bond donors (Lipinski definition) is 1. The first-order valence-corrected chi connectivity index (χ1v) is 3.66. The van der Waals surface area contributed by atoms with Crippen LogP contribution in [0.25, 0.3) is 0 Å². The smallest absolute Gasteiger partial charge is 0.142 e. The van der Waals surface area contributed by atoms with Gasteiger partial charge < -0.3 is 10.5 Å². The first-order valence-electron chi connectivity index (χ1n) is 3.66. The van der Waals surface area contributed by atoms with Crippen LogP contribution in [0.15, 0.2) is 31.0 Å². The molecule has 1 aromatic heterocycles. The lowest BCUT2D eigenvalue weighted by Gasteiger charge is -2.09. The van der Waals surface area contributed by atoms with Gasteiger partial charge in [-0.1, -0.05) is 6.08 Å². The molecular formula is C9H12N2O. The van der Waals surface area contributed by atoms with Crippen LogP contribution in [-0.4, -0.2) is 12.1 Å². The minimum Gasteiger partial charge on any atom is -0.495 e. The second kappa shape index (κ2) is 3.88. The highest BCUT2D eigenvalue weighted by molar-refractivity contribution is 5.31. The molecule has 1 heterocycles. The van der Waals surface area contributed by atoms with E-state index in [1.54, 1.807) is 25.4 Å². The fraction of sp³-hybridized carbons (Fsp3) is 0.222. The maximum Gasteiger partial charge on any atom is 0.142 e. The fourth-order valence-corrected chi connectivity index (χ4v) is 0.937. The molecular weight excluding hydrogens is 152 g/mol. The summed E-state index contributed by atoms with van der Waals surface area (Å²) in [4.78, 5) is 4.10. The normalized spacial score (nSPS) is 12.2. The molecule has 3 heteroatoms. The van der Waals surface area contributed by atoms with Crippen molar-refractivity contribution in [3.8, 4) is 5.75 Å². The van der Waals surface area contributed by atoms with Gasteiger partial charge in [-0.2, -0.15) is 0 Å². The van der Waals surface area contributed by atoms with E-state index in [0.29, 0.717) is 5.75 Å². The minimum absolute atomic E-state index is 0.263. The second-order valence-electron chi connectivity index (χ2n) is 2.35. The highest BCUT2D eigenvalue weighted by Gasteiger charge is 2.08. The van der Waals surface area contributed by atoms with Crippen molar-refractivity contribution in [2.45, 2.75) is 6.04 Å². The van der Waals surface area contributed by atoms with Crippen molar-refractivity contribution in [3.05, 3.63) is 36.7 Å². The Morgan fingerprint density at radius 1 is 1.75 bits per heavy atom. The van der Waals surface area contributed by atoms with Crippen molar-refractivity contribution in [1.82, 2.24) is 4.98 Å². The van der Waals surface area contributed by atoms with Gasteiger partial charge in [0, 0.05) is 6.20 Å². The summed E-state index contributed by atoms with van der Waals surface area (Å²) in [5, 5.41) is 0. The van der Waals surface area contributed by atoms with E-state index in [2.05, 4.69) is 11.6 Å². The van der Waals surface area contributed by atoms with Crippen LogP contribution >= 0.6 is 0 Å². The van der Waals surface area contributed by atoms with Crippen molar-refractivity contribution >= 4 is 0 Å². The molecule has 0 saturated carbocycles. The van der Waals surface area contributed by atoms with Crippen molar-refractivity contribution in [2.24, 2.45) is 5.73 Å².